The maximum Gasteiger partial charge on any atom is 0.262 e. The highest BCUT2D eigenvalue weighted by Crippen LogP contribution is 2.23. The van der Waals surface area contributed by atoms with Crippen LogP contribution in [-0.2, 0) is 10.2 Å². The van der Waals surface area contributed by atoms with E-state index >= 15 is 0 Å². The van der Waals surface area contributed by atoms with E-state index in [1.165, 1.54) is 12.0 Å². The second-order valence-electron chi connectivity index (χ2n) is 7.35. The van der Waals surface area contributed by atoms with Gasteiger partial charge in [0.1, 0.15) is 11.6 Å². The molecule has 1 fully saturated rings. The van der Waals surface area contributed by atoms with Crippen LogP contribution in [0.25, 0.3) is 6.08 Å². The number of nitrogens with one attached hydrogen (secondary N) is 1. The van der Waals surface area contributed by atoms with Crippen LogP contribution in [-0.4, -0.2) is 11.9 Å². The van der Waals surface area contributed by atoms with Crippen molar-refractivity contribution < 1.29 is 4.79 Å². The molecule has 0 spiro atoms. The van der Waals surface area contributed by atoms with Crippen molar-refractivity contribution >= 4 is 12.0 Å². The molecular weight excluding hydrogens is 284 g/mol. The number of amides is 1. The molecular formula is C20H26N2O. The average Bonchev–Trinajstić information content (AvgIpc) is 2.53. The van der Waals surface area contributed by atoms with Crippen molar-refractivity contribution in [2.45, 2.75) is 64.3 Å². The maximum atomic E-state index is 12.3. The number of rotatable bonds is 3. The molecule has 3 heteroatoms. The Hall–Kier alpha value is -2.08. The average molecular weight is 310 g/mol. The van der Waals surface area contributed by atoms with Crippen molar-refractivity contribution in [1.82, 2.24) is 5.32 Å². The molecule has 0 aliphatic heterocycles. The minimum atomic E-state index is -0.251. The van der Waals surface area contributed by atoms with Gasteiger partial charge in [0.2, 0.25) is 0 Å². The minimum absolute atomic E-state index is 0.0959. The van der Waals surface area contributed by atoms with Crippen molar-refractivity contribution in [3.8, 4) is 6.07 Å². The number of hydrogen-bond donors (Lipinski definition) is 1. The summed E-state index contributed by atoms with van der Waals surface area (Å²) in [7, 11) is 0. The molecule has 2 rings (SSSR count). The SMILES string of the molecule is CC(C)(C)c1ccc(/C=C(/C#N)C(=O)NC2CCCCC2)cc1. The van der Waals surface area contributed by atoms with E-state index in [-0.39, 0.29) is 22.9 Å². The summed E-state index contributed by atoms with van der Waals surface area (Å²) in [6.07, 6.45) is 7.27. The van der Waals surface area contributed by atoms with Crippen LogP contribution >= 0.6 is 0 Å². The van der Waals surface area contributed by atoms with Crippen LogP contribution in [0.1, 0.15) is 64.0 Å². The van der Waals surface area contributed by atoms with Gasteiger partial charge in [-0.2, -0.15) is 5.26 Å². The number of carbonyl (C=O) groups excluding carboxylic acids is 1. The van der Waals surface area contributed by atoms with Crippen LogP contribution in [0.5, 0.6) is 0 Å². The lowest BCUT2D eigenvalue weighted by Crippen LogP contribution is -2.36. The van der Waals surface area contributed by atoms with Gasteiger partial charge in [-0.05, 0) is 35.5 Å². The van der Waals surface area contributed by atoms with E-state index < -0.39 is 0 Å². The molecule has 0 radical (unpaired) electrons. The second-order valence-corrected chi connectivity index (χ2v) is 7.35. The molecule has 0 heterocycles. The number of carbonyl (C=O) groups is 1. The van der Waals surface area contributed by atoms with Gasteiger partial charge in [-0.1, -0.05) is 64.3 Å². The van der Waals surface area contributed by atoms with Crippen molar-refractivity contribution in [2.24, 2.45) is 0 Å². The predicted molar refractivity (Wildman–Crippen MR) is 93.7 cm³/mol. The molecule has 1 aromatic rings. The molecule has 1 aliphatic carbocycles. The van der Waals surface area contributed by atoms with E-state index in [0.29, 0.717) is 0 Å². The quantitative estimate of drug-likeness (QED) is 0.667. The van der Waals surface area contributed by atoms with Gasteiger partial charge >= 0.3 is 0 Å². The Kier molecular flexibility index (Phi) is 5.60. The number of nitriles is 1. The van der Waals surface area contributed by atoms with Crippen LogP contribution in [0.4, 0.5) is 0 Å². The smallest absolute Gasteiger partial charge is 0.262 e. The highest BCUT2D eigenvalue weighted by atomic mass is 16.1. The fourth-order valence-corrected chi connectivity index (χ4v) is 2.90. The van der Waals surface area contributed by atoms with Gasteiger partial charge in [0.15, 0.2) is 0 Å². The van der Waals surface area contributed by atoms with E-state index in [4.69, 9.17) is 0 Å². The molecule has 1 N–H and O–H groups in total. The summed E-state index contributed by atoms with van der Waals surface area (Å²) >= 11 is 0. The topological polar surface area (TPSA) is 52.9 Å². The lowest BCUT2D eigenvalue weighted by atomic mass is 9.86. The first-order chi connectivity index (χ1) is 10.9. The minimum Gasteiger partial charge on any atom is -0.349 e. The Morgan fingerprint density at radius 1 is 1.17 bits per heavy atom. The van der Waals surface area contributed by atoms with Crippen LogP contribution in [0, 0.1) is 11.3 Å². The largest absolute Gasteiger partial charge is 0.349 e. The highest BCUT2D eigenvalue weighted by Gasteiger charge is 2.18. The molecule has 3 nitrogen and oxygen atoms in total. The summed E-state index contributed by atoms with van der Waals surface area (Å²) in [5.41, 5.74) is 2.39. The summed E-state index contributed by atoms with van der Waals surface area (Å²) in [6, 6.07) is 10.3. The van der Waals surface area contributed by atoms with Gasteiger partial charge < -0.3 is 5.32 Å². The molecule has 0 bridgehead atoms. The van der Waals surface area contributed by atoms with Gasteiger partial charge in [-0.3, -0.25) is 4.79 Å². The normalized spacial score (nSPS) is 16.7. The molecule has 1 aliphatic rings. The third-order valence-corrected chi connectivity index (χ3v) is 4.39. The van der Waals surface area contributed by atoms with Crippen LogP contribution in [0.3, 0.4) is 0 Å². The second kappa shape index (κ2) is 7.46. The Morgan fingerprint density at radius 2 is 1.78 bits per heavy atom. The van der Waals surface area contributed by atoms with E-state index in [2.05, 4.69) is 38.2 Å². The monoisotopic (exact) mass is 310 g/mol. The van der Waals surface area contributed by atoms with E-state index in [1.54, 1.807) is 6.08 Å². The lowest BCUT2D eigenvalue weighted by Gasteiger charge is -2.22. The zero-order chi connectivity index (χ0) is 16.9. The van der Waals surface area contributed by atoms with Crippen molar-refractivity contribution in [1.29, 1.82) is 5.26 Å². The van der Waals surface area contributed by atoms with Gasteiger partial charge in [-0.15, -0.1) is 0 Å². The first-order valence-corrected chi connectivity index (χ1v) is 8.43. The van der Waals surface area contributed by atoms with Gasteiger partial charge in [0.25, 0.3) is 5.91 Å². The standard InChI is InChI=1S/C20H26N2O/c1-20(2,3)17-11-9-15(10-12-17)13-16(14-21)19(23)22-18-7-5-4-6-8-18/h9-13,18H,4-8H2,1-3H3,(H,22,23)/b16-13-. The highest BCUT2D eigenvalue weighted by molar-refractivity contribution is 6.01. The molecule has 0 atom stereocenters. The van der Waals surface area contributed by atoms with Crippen LogP contribution < -0.4 is 5.32 Å². The molecule has 1 aromatic carbocycles. The predicted octanol–water partition coefficient (Wildman–Crippen LogP) is 4.34. The van der Waals surface area contributed by atoms with Gasteiger partial charge in [0, 0.05) is 6.04 Å². The lowest BCUT2D eigenvalue weighted by molar-refractivity contribution is -0.117. The third-order valence-electron chi connectivity index (χ3n) is 4.39. The maximum absolute atomic E-state index is 12.3. The summed E-state index contributed by atoms with van der Waals surface area (Å²) in [5, 5.41) is 12.3. The van der Waals surface area contributed by atoms with Crippen molar-refractivity contribution in [3.05, 3.63) is 41.0 Å². The van der Waals surface area contributed by atoms with E-state index in [9.17, 15) is 10.1 Å². The first kappa shape index (κ1) is 17.3. The summed E-state index contributed by atoms with van der Waals surface area (Å²) in [6.45, 7) is 6.49. The molecule has 23 heavy (non-hydrogen) atoms. The van der Waals surface area contributed by atoms with E-state index in [0.717, 1.165) is 31.2 Å². The molecule has 1 amide bonds. The van der Waals surface area contributed by atoms with Gasteiger partial charge in [-0.25, -0.2) is 0 Å². The Morgan fingerprint density at radius 3 is 2.30 bits per heavy atom. The fraction of sp³-hybridized carbons (Fsp3) is 0.500. The Bertz CT molecular complexity index is 609. The molecule has 0 aromatic heterocycles. The Labute approximate surface area is 139 Å². The summed E-state index contributed by atoms with van der Waals surface area (Å²) < 4.78 is 0. The fourth-order valence-electron chi connectivity index (χ4n) is 2.90. The number of benzene rings is 1. The molecule has 0 saturated heterocycles. The van der Waals surface area contributed by atoms with Crippen molar-refractivity contribution in [3.63, 3.8) is 0 Å². The molecule has 1 saturated carbocycles. The Balaban J connectivity index is 2.08. The zero-order valence-electron chi connectivity index (χ0n) is 14.4. The molecule has 122 valence electrons. The molecule has 0 unspecified atom stereocenters. The van der Waals surface area contributed by atoms with Crippen LogP contribution in [0.15, 0.2) is 29.8 Å². The number of hydrogen-bond acceptors (Lipinski definition) is 2. The summed E-state index contributed by atoms with van der Waals surface area (Å²) in [5.74, 6) is -0.251. The summed E-state index contributed by atoms with van der Waals surface area (Å²) in [4.78, 5) is 12.3. The zero-order valence-corrected chi connectivity index (χ0v) is 14.4. The van der Waals surface area contributed by atoms with Crippen molar-refractivity contribution in [2.75, 3.05) is 0 Å². The third kappa shape index (κ3) is 4.96. The number of nitrogens with zero attached hydrogens (tertiary/aromatic N) is 1. The van der Waals surface area contributed by atoms with E-state index in [1.807, 2.05) is 18.2 Å². The van der Waals surface area contributed by atoms with Crippen LogP contribution in [0.2, 0.25) is 0 Å². The first-order valence-electron chi connectivity index (χ1n) is 8.43. The van der Waals surface area contributed by atoms with Gasteiger partial charge in [0.05, 0.1) is 0 Å².